The van der Waals surface area contributed by atoms with E-state index in [1.807, 2.05) is 0 Å². The number of aliphatic hydroxyl groups excluding tert-OH is 2. The predicted molar refractivity (Wildman–Crippen MR) is 52.7 cm³/mol. The van der Waals surface area contributed by atoms with Crippen molar-refractivity contribution in [3.05, 3.63) is 0 Å². The molecule has 0 rings (SSSR count). The zero-order valence-electron chi connectivity index (χ0n) is 8.85. The van der Waals surface area contributed by atoms with Gasteiger partial charge in [0, 0.05) is 6.42 Å². The second-order valence-electron chi connectivity index (χ2n) is 3.37. The lowest BCUT2D eigenvalue weighted by Gasteiger charge is -2.19. The van der Waals surface area contributed by atoms with Crippen LogP contribution in [0.25, 0.3) is 0 Å². The molecule has 0 aromatic carbocycles. The van der Waals surface area contributed by atoms with E-state index in [2.05, 4.69) is 0 Å². The molecule has 0 saturated heterocycles. The first kappa shape index (κ1) is 13.8. The van der Waals surface area contributed by atoms with Crippen LogP contribution in [0.15, 0.2) is 0 Å². The molecule has 0 aromatic heterocycles. The lowest BCUT2D eigenvalue weighted by Crippen LogP contribution is -2.27. The van der Waals surface area contributed by atoms with Crippen LogP contribution in [0.1, 0.15) is 20.3 Å². The summed E-state index contributed by atoms with van der Waals surface area (Å²) in [7, 11) is 0. The minimum absolute atomic E-state index is 0.213. The van der Waals surface area contributed by atoms with Gasteiger partial charge in [-0.3, -0.25) is 0 Å². The summed E-state index contributed by atoms with van der Waals surface area (Å²) in [5.74, 6) is 0. The van der Waals surface area contributed by atoms with Crippen molar-refractivity contribution >= 4 is 0 Å². The van der Waals surface area contributed by atoms with E-state index in [0.717, 1.165) is 0 Å². The standard InChI is InChI=1S/C9H21NO4/c1-7(11)5-13-9(3-4-10)14-6-8(2)12/h7-9,11-12H,3-6,10H2,1-2H3. The quantitative estimate of drug-likeness (QED) is 0.465. The van der Waals surface area contributed by atoms with Gasteiger partial charge in [0.05, 0.1) is 25.4 Å². The summed E-state index contributed by atoms with van der Waals surface area (Å²) in [5.41, 5.74) is 5.36. The van der Waals surface area contributed by atoms with Crippen LogP contribution in [0.4, 0.5) is 0 Å². The minimum atomic E-state index is -0.523. The van der Waals surface area contributed by atoms with E-state index in [1.165, 1.54) is 0 Å². The number of hydrogen-bond acceptors (Lipinski definition) is 5. The second-order valence-corrected chi connectivity index (χ2v) is 3.37. The van der Waals surface area contributed by atoms with Gasteiger partial charge in [-0.2, -0.15) is 0 Å². The molecule has 2 atom stereocenters. The number of rotatable bonds is 8. The van der Waals surface area contributed by atoms with Crippen molar-refractivity contribution in [3.63, 3.8) is 0 Å². The van der Waals surface area contributed by atoms with Crippen molar-refractivity contribution in [2.75, 3.05) is 19.8 Å². The first-order valence-electron chi connectivity index (χ1n) is 4.85. The summed E-state index contributed by atoms with van der Waals surface area (Å²) >= 11 is 0. The maximum absolute atomic E-state index is 8.99. The molecule has 0 bridgehead atoms. The lowest BCUT2D eigenvalue weighted by atomic mass is 10.4. The molecule has 0 spiro atoms. The summed E-state index contributed by atoms with van der Waals surface area (Å²) in [5, 5.41) is 18.0. The molecule has 0 heterocycles. The normalized spacial score (nSPS) is 17.8. The molecule has 4 N–H and O–H groups in total. The summed E-state index contributed by atoms with van der Waals surface area (Å²) in [6.07, 6.45) is -0.931. The Labute approximate surface area is 84.8 Å². The highest BCUT2D eigenvalue weighted by Gasteiger charge is 2.10. The Balaban J connectivity index is 3.65. The Bertz CT molecular complexity index is 118. The van der Waals surface area contributed by atoms with Crippen LogP contribution in [0.5, 0.6) is 0 Å². The molecule has 0 aliphatic carbocycles. The topological polar surface area (TPSA) is 84.9 Å². The molecular weight excluding hydrogens is 186 g/mol. The first-order chi connectivity index (χ1) is 6.56. The van der Waals surface area contributed by atoms with E-state index in [9.17, 15) is 0 Å². The molecule has 5 nitrogen and oxygen atoms in total. The van der Waals surface area contributed by atoms with Gasteiger partial charge in [0.1, 0.15) is 0 Å². The van der Waals surface area contributed by atoms with Gasteiger partial charge < -0.3 is 25.4 Å². The monoisotopic (exact) mass is 207 g/mol. The van der Waals surface area contributed by atoms with Gasteiger partial charge in [0.25, 0.3) is 0 Å². The smallest absolute Gasteiger partial charge is 0.159 e. The van der Waals surface area contributed by atoms with Crippen LogP contribution >= 0.6 is 0 Å². The fourth-order valence-corrected chi connectivity index (χ4v) is 0.844. The maximum atomic E-state index is 8.99. The Kier molecular flexibility index (Phi) is 8.02. The van der Waals surface area contributed by atoms with E-state index < -0.39 is 18.5 Å². The van der Waals surface area contributed by atoms with E-state index in [1.54, 1.807) is 13.8 Å². The van der Waals surface area contributed by atoms with Gasteiger partial charge in [-0.05, 0) is 20.4 Å². The van der Waals surface area contributed by atoms with Crippen LogP contribution in [0.3, 0.4) is 0 Å². The predicted octanol–water partition coefficient (Wildman–Crippen LogP) is -0.544. The average molecular weight is 207 g/mol. The lowest BCUT2D eigenvalue weighted by molar-refractivity contribution is -0.169. The summed E-state index contributed by atoms with van der Waals surface area (Å²) < 4.78 is 10.5. The Hall–Kier alpha value is -0.200. The average Bonchev–Trinajstić information content (AvgIpc) is 2.09. The summed E-state index contributed by atoms with van der Waals surface area (Å²) in [4.78, 5) is 0. The molecule has 0 fully saturated rings. The van der Waals surface area contributed by atoms with Gasteiger partial charge in [-0.15, -0.1) is 0 Å². The molecule has 86 valence electrons. The van der Waals surface area contributed by atoms with E-state index in [-0.39, 0.29) is 13.2 Å². The third-order valence-electron chi connectivity index (χ3n) is 1.45. The van der Waals surface area contributed by atoms with Crippen molar-refractivity contribution in [1.82, 2.24) is 0 Å². The number of nitrogens with two attached hydrogens (primary N) is 1. The zero-order chi connectivity index (χ0) is 11.0. The van der Waals surface area contributed by atoms with Crippen LogP contribution in [0, 0.1) is 0 Å². The van der Waals surface area contributed by atoms with E-state index in [0.29, 0.717) is 13.0 Å². The molecule has 0 amide bonds. The molecule has 0 aliphatic heterocycles. The number of hydrogen-bond donors (Lipinski definition) is 3. The Morgan fingerprint density at radius 3 is 1.79 bits per heavy atom. The largest absolute Gasteiger partial charge is 0.391 e. The highest BCUT2D eigenvalue weighted by atomic mass is 16.7. The van der Waals surface area contributed by atoms with E-state index in [4.69, 9.17) is 25.4 Å². The Morgan fingerprint density at radius 2 is 1.50 bits per heavy atom. The van der Waals surface area contributed by atoms with Crippen molar-refractivity contribution in [2.24, 2.45) is 5.73 Å². The molecule has 0 aliphatic rings. The summed E-state index contributed by atoms with van der Waals surface area (Å²) in [6.45, 7) is 4.14. The summed E-state index contributed by atoms with van der Waals surface area (Å²) in [6, 6.07) is 0. The Morgan fingerprint density at radius 1 is 1.07 bits per heavy atom. The molecule has 0 aromatic rings. The third kappa shape index (κ3) is 8.40. The zero-order valence-corrected chi connectivity index (χ0v) is 8.85. The maximum Gasteiger partial charge on any atom is 0.159 e. The third-order valence-corrected chi connectivity index (χ3v) is 1.45. The molecule has 0 radical (unpaired) electrons. The minimum Gasteiger partial charge on any atom is -0.391 e. The number of ether oxygens (including phenoxy) is 2. The van der Waals surface area contributed by atoms with Crippen LogP contribution < -0.4 is 5.73 Å². The second kappa shape index (κ2) is 8.14. The number of aliphatic hydroxyl groups is 2. The van der Waals surface area contributed by atoms with Crippen LogP contribution in [-0.2, 0) is 9.47 Å². The first-order valence-corrected chi connectivity index (χ1v) is 4.85. The molecule has 5 heteroatoms. The van der Waals surface area contributed by atoms with Gasteiger partial charge in [0.15, 0.2) is 6.29 Å². The van der Waals surface area contributed by atoms with Gasteiger partial charge in [-0.1, -0.05) is 0 Å². The molecule has 2 unspecified atom stereocenters. The van der Waals surface area contributed by atoms with Gasteiger partial charge in [0.2, 0.25) is 0 Å². The fraction of sp³-hybridized carbons (Fsp3) is 1.00. The van der Waals surface area contributed by atoms with Gasteiger partial charge in [-0.25, -0.2) is 0 Å². The highest BCUT2D eigenvalue weighted by Crippen LogP contribution is 2.02. The molecular formula is C9H21NO4. The van der Waals surface area contributed by atoms with Crippen LogP contribution in [0.2, 0.25) is 0 Å². The van der Waals surface area contributed by atoms with Crippen LogP contribution in [-0.4, -0.2) is 48.5 Å². The SMILES string of the molecule is CC(O)COC(CCN)OCC(C)O. The highest BCUT2D eigenvalue weighted by molar-refractivity contribution is 4.51. The fourth-order valence-electron chi connectivity index (χ4n) is 0.844. The van der Waals surface area contributed by atoms with Crippen molar-refractivity contribution < 1.29 is 19.7 Å². The van der Waals surface area contributed by atoms with Crippen molar-refractivity contribution in [1.29, 1.82) is 0 Å². The van der Waals surface area contributed by atoms with Gasteiger partial charge >= 0.3 is 0 Å². The van der Waals surface area contributed by atoms with E-state index >= 15 is 0 Å². The van der Waals surface area contributed by atoms with Crippen molar-refractivity contribution in [2.45, 2.75) is 38.8 Å². The molecule has 14 heavy (non-hydrogen) atoms. The van der Waals surface area contributed by atoms with Crippen molar-refractivity contribution in [3.8, 4) is 0 Å². The molecule has 0 saturated carbocycles.